The van der Waals surface area contributed by atoms with E-state index in [0.29, 0.717) is 5.25 Å². The number of benzene rings is 1. The third-order valence-corrected chi connectivity index (χ3v) is 5.11. The first-order valence-corrected chi connectivity index (χ1v) is 7.84. The Hall–Kier alpha value is -0.710. The van der Waals surface area contributed by atoms with E-state index in [2.05, 4.69) is 12.1 Å². The van der Waals surface area contributed by atoms with Gasteiger partial charge in [-0.15, -0.1) is 0 Å². The van der Waals surface area contributed by atoms with E-state index in [-0.39, 0.29) is 6.04 Å². The second kappa shape index (κ2) is 7.17. The molecule has 2 unspecified atom stereocenters. The second-order valence-corrected chi connectivity index (χ2v) is 6.23. The fourth-order valence-corrected chi connectivity index (χ4v) is 3.78. The molecule has 19 heavy (non-hydrogen) atoms. The lowest BCUT2D eigenvalue weighted by molar-refractivity contribution is 0.200. The Labute approximate surface area is 119 Å². The molecule has 0 saturated carbocycles. The van der Waals surface area contributed by atoms with Gasteiger partial charge in [0.05, 0.1) is 7.11 Å². The molecule has 0 saturated heterocycles. The van der Waals surface area contributed by atoms with Crippen LogP contribution in [0.5, 0.6) is 5.75 Å². The van der Waals surface area contributed by atoms with Gasteiger partial charge in [-0.25, -0.2) is 0 Å². The summed E-state index contributed by atoms with van der Waals surface area (Å²) in [6, 6.07) is 6.40. The Kier molecular flexibility index (Phi) is 5.55. The van der Waals surface area contributed by atoms with Gasteiger partial charge in [0.15, 0.2) is 0 Å². The highest BCUT2D eigenvalue weighted by atomic mass is 32.2. The molecule has 3 nitrogen and oxygen atoms in total. The third-order valence-electron chi connectivity index (χ3n) is 3.63. The van der Waals surface area contributed by atoms with Gasteiger partial charge in [-0.3, -0.25) is 0 Å². The predicted molar refractivity (Wildman–Crippen MR) is 81.0 cm³/mol. The zero-order valence-electron chi connectivity index (χ0n) is 11.7. The summed E-state index contributed by atoms with van der Waals surface area (Å²) >= 11 is 1.98. The van der Waals surface area contributed by atoms with Crippen molar-refractivity contribution in [1.29, 1.82) is 0 Å². The molecule has 2 N–H and O–H groups in total. The van der Waals surface area contributed by atoms with Crippen molar-refractivity contribution in [2.75, 3.05) is 26.6 Å². The summed E-state index contributed by atoms with van der Waals surface area (Å²) in [7, 11) is 3.46. The normalized spacial score (nSPS) is 22.1. The number of hydrogen-bond acceptors (Lipinski definition) is 4. The lowest BCUT2D eigenvalue weighted by atomic mass is 9.87. The Morgan fingerprint density at radius 3 is 2.95 bits per heavy atom. The standard InChI is InChI=1S/C15H23NO2S/c1-17-8-3-9-19-14-7-4-11-10-12(18-2)5-6-13(11)15(14)16/h5-6,10,14-15H,3-4,7-9,16H2,1-2H3. The van der Waals surface area contributed by atoms with Crippen molar-refractivity contribution in [2.45, 2.75) is 30.6 Å². The maximum atomic E-state index is 6.40. The lowest BCUT2D eigenvalue weighted by Crippen LogP contribution is -2.29. The van der Waals surface area contributed by atoms with Crippen LogP contribution < -0.4 is 10.5 Å². The van der Waals surface area contributed by atoms with E-state index in [1.807, 2.05) is 17.8 Å². The van der Waals surface area contributed by atoms with Gasteiger partial charge in [-0.2, -0.15) is 11.8 Å². The van der Waals surface area contributed by atoms with E-state index in [4.69, 9.17) is 15.2 Å². The minimum absolute atomic E-state index is 0.141. The molecule has 0 aliphatic heterocycles. The van der Waals surface area contributed by atoms with Crippen LogP contribution >= 0.6 is 11.8 Å². The van der Waals surface area contributed by atoms with Crippen LogP contribution in [0.4, 0.5) is 0 Å². The molecule has 0 spiro atoms. The summed E-state index contributed by atoms with van der Waals surface area (Å²) in [5, 5.41) is 0.526. The first kappa shape index (κ1) is 14.7. The van der Waals surface area contributed by atoms with Crippen LogP contribution in [0.2, 0.25) is 0 Å². The number of rotatable bonds is 6. The minimum atomic E-state index is 0.141. The van der Waals surface area contributed by atoms with E-state index in [1.165, 1.54) is 11.1 Å². The van der Waals surface area contributed by atoms with Crippen LogP contribution in [0.1, 0.15) is 30.0 Å². The van der Waals surface area contributed by atoms with E-state index < -0.39 is 0 Å². The number of nitrogens with two attached hydrogens (primary N) is 1. The highest BCUT2D eigenvalue weighted by Crippen LogP contribution is 2.37. The molecule has 106 valence electrons. The van der Waals surface area contributed by atoms with Crippen molar-refractivity contribution in [3.63, 3.8) is 0 Å². The van der Waals surface area contributed by atoms with Crippen molar-refractivity contribution in [1.82, 2.24) is 0 Å². The smallest absolute Gasteiger partial charge is 0.119 e. The zero-order valence-corrected chi connectivity index (χ0v) is 12.5. The molecule has 1 aliphatic rings. The van der Waals surface area contributed by atoms with Crippen LogP contribution in [-0.2, 0) is 11.2 Å². The highest BCUT2D eigenvalue weighted by molar-refractivity contribution is 7.99. The fraction of sp³-hybridized carbons (Fsp3) is 0.600. The average Bonchev–Trinajstić information content (AvgIpc) is 2.45. The number of aryl methyl sites for hydroxylation is 1. The van der Waals surface area contributed by atoms with E-state index in [1.54, 1.807) is 14.2 Å². The highest BCUT2D eigenvalue weighted by Gasteiger charge is 2.26. The van der Waals surface area contributed by atoms with Crippen molar-refractivity contribution >= 4 is 11.8 Å². The van der Waals surface area contributed by atoms with Gasteiger partial charge in [0.2, 0.25) is 0 Å². The second-order valence-electron chi connectivity index (χ2n) is 4.88. The largest absolute Gasteiger partial charge is 0.497 e. The van der Waals surface area contributed by atoms with Crippen LogP contribution in [0.3, 0.4) is 0 Å². The van der Waals surface area contributed by atoms with Gasteiger partial charge in [0, 0.05) is 25.0 Å². The predicted octanol–water partition coefficient (Wildman–Crippen LogP) is 2.78. The zero-order chi connectivity index (χ0) is 13.7. The summed E-state index contributed by atoms with van der Waals surface area (Å²) in [6.07, 6.45) is 3.35. The number of fused-ring (bicyclic) bond motifs is 1. The van der Waals surface area contributed by atoms with E-state index >= 15 is 0 Å². The van der Waals surface area contributed by atoms with Gasteiger partial charge < -0.3 is 15.2 Å². The maximum absolute atomic E-state index is 6.40. The molecule has 2 rings (SSSR count). The van der Waals surface area contributed by atoms with Crippen LogP contribution in [0.25, 0.3) is 0 Å². The van der Waals surface area contributed by atoms with Gasteiger partial charge >= 0.3 is 0 Å². The molecule has 4 heteroatoms. The lowest BCUT2D eigenvalue weighted by Gasteiger charge is -2.31. The summed E-state index contributed by atoms with van der Waals surface area (Å²) in [5.74, 6) is 2.05. The molecule has 0 amide bonds. The first-order chi connectivity index (χ1) is 9.26. The molecule has 1 aromatic carbocycles. The first-order valence-electron chi connectivity index (χ1n) is 6.79. The molecular formula is C15H23NO2S. The van der Waals surface area contributed by atoms with Gasteiger partial charge in [-0.1, -0.05) is 6.07 Å². The van der Waals surface area contributed by atoms with Gasteiger partial charge in [-0.05, 0) is 48.3 Å². The molecule has 2 atom stereocenters. The number of ether oxygens (including phenoxy) is 2. The minimum Gasteiger partial charge on any atom is -0.497 e. The molecule has 0 radical (unpaired) electrons. The summed E-state index contributed by atoms with van der Waals surface area (Å²) in [5.41, 5.74) is 9.04. The SMILES string of the molecule is COCCCSC1CCc2cc(OC)ccc2C1N. The average molecular weight is 281 g/mol. The molecule has 0 heterocycles. The number of methoxy groups -OCH3 is 2. The van der Waals surface area contributed by atoms with Crippen LogP contribution in [0, 0.1) is 0 Å². The molecule has 0 bridgehead atoms. The quantitative estimate of drug-likeness (QED) is 0.814. The Balaban J connectivity index is 1.97. The maximum Gasteiger partial charge on any atom is 0.119 e. The van der Waals surface area contributed by atoms with E-state index in [0.717, 1.165) is 37.4 Å². The van der Waals surface area contributed by atoms with Gasteiger partial charge in [0.1, 0.15) is 5.75 Å². The van der Waals surface area contributed by atoms with Crippen LogP contribution in [0.15, 0.2) is 18.2 Å². The third kappa shape index (κ3) is 3.65. The van der Waals surface area contributed by atoms with E-state index in [9.17, 15) is 0 Å². The Bertz CT molecular complexity index is 411. The van der Waals surface area contributed by atoms with Crippen molar-refractivity contribution in [3.8, 4) is 5.75 Å². The van der Waals surface area contributed by atoms with Crippen molar-refractivity contribution in [3.05, 3.63) is 29.3 Å². The molecule has 1 aliphatic carbocycles. The molecule has 1 aromatic rings. The van der Waals surface area contributed by atoms with Crippen molar-refractivity contribution < 1.29 is 9.47 Å². The van der Waals surface area contributed by atoms with Gasteiger partial charge in [0.25, 0.3) is 0 Å². The molecular weight excluding hydrogens is 258 g/mol. The number of hydrogen-bond donors (Lipinski definition) is 1. The van der Waals surface area contributed by atoms with Crippen LogP contribution in [-0.4, -0.2) is 31.8 Å². The van der Waals surface area contributed by atoms with Crippen molar-refractivity contribution in [2.24, 2.45) is 5.73 Å². The Morgan fingerprint density at radius 1 is 1.37 bits per heavy atom. The molecule has 0 aromatic heterocycles. The Morgan fingerprint density at radius 2 is 2.21 bits per heavy atom. The number of thioether (sulfide) groups is 1. The monoisotopic (exact) mass is 281 g/mol. The topological polar surface area (TPSA) is 44.5 Å². The summed E-state index contributed by atoms with van der Waals surface area (Å²) in [6.45, 7) is 0.836. The summed E-state index contributed by atoms with van der Waals surface area (Å²) in [4.78, 5) is 0. The fourth-order valence-electron chi connectivity index (χ4n) is 2.55. The molecule has 0 fully saturated rings. The summed E-state index contributed by atoms with van der Waals surface area (Å²) < 4.78 is 10.4.